The number of aliphatic hydroxyl groups excluding tert-OH is 1. The topological polar surface area (TPSA) is 32.3 Å². The van der Waals surface area contributed by atoms with Crippen molar-refractivity contribution in [3.63, 3.8) is 0 Å². The fourth-order valence-corrected chi connectivity index (χ4v) is 3.38. The molecule has 2 nitrogen and oxygen atoms in total. The second kappa shape index (κ2) is 6.43. The van der Waals surface area contributed by atoms with Crippen molar-refractivity contribution in [2.24, 2.45) is 0 Å². The minimum absolute atomic E-state index is 0.260. The normalized spacial score (nSPS) is 21.6. The zero-order valence-electron chi connectivity index (χ0n) is 10.4. The van der Waals surface area contributed by atoms with Gasteiger partial charge >= 0.3 is 0 Å². The first-order valence-corrected chi connectivity index (χ1v) is 7.49. The zero-order chi connectivity index (χ0) is 12.1. The molecule has 1 heterocycles. The molecule has 0 spiro atoms. The molecule has 2 rings (SSSR count). The zero-order valence-corrected chi connectivity index (χ0v) is 11.2. The van der Waals surface area contributed by atoms with E-state index in [9.17, 15) is 0 Å². The Hall–Kier alpha value is -0.510. The molecule has 0 saturated heterocycles. The highest BCUT2D eigenvalue weighted by Gasteiger charge is 2.19. The molecule has 1 aliphatic heterocycles. The van der Waals surface area contributed by atoms with Crippen LogP contribution in [0.4, 0.5) is 0 Å². The molecule has 0 fully saturated rings. The molecule has 94 valence electrons. The Labute approximate surface area is 108 Å². The number of hydrogen-bond acceptors (Lipinski definition) is 3. The highest BCUT2D eigenvalue weighted by atomic mass is 32.2. The highest BCUT2D eigenvalue weighted by Crippen LogP contribution is 2.27. The van der Waals surface area contributed by atoms with E-state index in [1.54, 1.807) is 0 Å². The van der Waals surface area contributed by atoms with Gasteiger partial charge in [0.25, 0.3) is 0 Å². The quantitative estimate of drug-likeness (QED) is 0.862. The summed E-state index contributed by atoms with van der Waals surface area (Å²) in [6.45, 7) is 2.41. The van der Waals surface area contributed by atoms with Crippen LogP contribution >= 0.6 is 11.8 Å². The monoisotopic (exact) mass is 251 g/mol. The van der Waals surface area contributed by atoms with Crippen LogP contribution in [0.1, 0.15) is 30.5 Å². The third kappa shape index (κ3) is 3.47. The second-order valence-electron chi connectivity index (χ2n) is 4.66. The summed E-state index contributed by atoms with van der Waals surface area (Å²) in [6, 6.07) is 9.54. The van der Waals surface area contributed by atoms with E-state index >= 15 is 0 Å². The van der Waals surface area contributed by atoms with Crippen LogP contribution in [0.25, 0.3) is 0 Å². The van der Waals surface area contributed by atoms with Gasteiger partial charge in [0.05, 0.1) is 0 Å². The number of hydrogen-bond donors (Lipinski definition) is 2. The molecular formula is C14H21NOS. The summed E-state index contributed by atoms with van der Waals surface area (Å²) in [6.07, 6.45) is 2.00. The van der Waals surface area contributed by atoms with Gasteiger partial charge in [0, 0.05) is 24.4 Å². The summed E-state index contributed by atoms with van der Waals surface area (Å²) in [5.74, 6) is 2.34. The van der Waals surface area contributed by atoms with Crippen LogP contribution in [0.15, 0.2) is 24.3 Å². The molecular weight excluding hydrogens is 230 g/mol. The Bertz CT molecular complexity index is 356. The maximum atomic E-state index is 8.97. The maximum Gasteiger partial charge on any atom is 0.0445 e. The van der Waals surface area contributed by atoms with E-state index < -0.39 is 0 Å². The fraction of sp³-hybridized carbons (Fsp3) is 0.571. The van der Waals surface area contributed by atoms with Crippen LogP contribution in [0, 0.1) is 0 Å². The summed E-state index contributed by atoms with van der Waals surface area (Å²) in [7, 11) is 0. The summed E-state index contributed by atoms with van der Waals surface area (Å²) in [4.78, 5) is 0. The lowest BCUT2D eigenvalue weighted by Gasteiger charge is -2.23. The Morgan fingerprint density at radius 1 is 1.47 bits per heavy atom. The first kappa shape index (κ1) is 12.9. The number of aryl methyl sites for hydroxylation is 1. The fourth-order valence-electron chi connectivity index (χ4n) is 2.33. The Kier molecular flexibility index (Phi) is 4.89. The van der Waals surface area contributed by atoms with Crippen LogP contribution in [-0.4, -0.2) is 29.3 Å². The Morgan fingerprint density at radius 3 is 3.12 bits per heavy atom. The van der Waals surface area contributed by atoms with E-state index in [0.717, 1.165) is 12.2 Å². The van der Waals surface area contributed by atoms with E-state index in [2.05, 4.69) is 36.5 Å². The average molecular weight is 251 g/mol. The molecule has 0 aliphatic carbocycles. The molecule has 0 unspecified atom stereocenters. The van der Waals surface area contributed by atoms with Gasteiger partial charge in [0.15, 0.2) is 0 Å². The predicted molar refractivity (Wildman–Crippen MR) is 74.5 cm³/mol. The lowest BCUT2D eigenvalue weighted by molar-refractivity contribution is 0.265. The lowest BCUT2D eigenvalue weighted by Crippen LogP contribution is -2.32. The predicted octanol–water partition coefficient (Wildman–Crippen LogP) is 2.38. The summed E-state index contributed by atoms with van der Waals surface area (Å²) in [5, 5.41) is 12.6. The second-order valence-corrected chi connectivity index (χ2v) is 5.81. The molecule has 1 aromatic carbocycles. The largest absolute Gasteiger partial charge is 0.396 e. The smallest absolute Gasteiger partial charge is 0.0445 e. The number of thioether (sulfide) groups is 1. The van der Waals surface area contributed by atoms with Gasteiger partial charge in [-0.25, -0.2) is 0 Å². The van der Waals surface area contributed by atoms with Crippen molar-refractivity contribution >= 4 is 11.8 Å². The molecule has 1 aliphatic rings. The van der Waals surface area contributed by atoms with Crippen LogP contribution < -0.4 is 5.32 Å². The molecule has 17 heavy (non-hydrogen) atoms. The summed E-state index contributed by atoms with van der Waals surface area (Å²) in [5.41, 5.74) is 2.92. The maximum absolute atomic E-state index is 8.97. The van der Waals surface area contributed by atoms with Crippen molar-refractivity contribution in [1.29, 1.82) is 0 Å². The van der Waals surface area contributed by atoms with Gasteiger partial charge in [0.2, 0.25) is 0 Å². The van der Waals surface area contributed by atoms with Crippen molar-refractivity contribution in [2.45, 2.75) is 31.8 Å². The van der Waals surface area contributed by atoms with Crippen LogP contribution in [0.3, 0.4) is 0 Å². The Balaban J connectivity index is 2.11. The standard InChI is InChI=1S/C14H21NOS/c1-11(6-8-16)15-14-10-17-9-7-12-4-2-3-5-13(12)14/h2-5,11,14-16H,6-10H2,1H3/t11-,14-/m1/s1. The van der Waals surface area contributed by atoms with Gasteiger partial charge in [0.1, 0.15) is 0 Å². The molecule has 1 aromatic rings. The molecule has 0 aromatic heterocycles. The van der Waals surface area contributed by atoms with Gasteiger partial charge in [-0.1, -0.05) is 24.3 Å². The van der Waals surface area contributed by atoms with E-state index in [0.29, 0.717) is 12.1 Å². The van der Waals surface area contributed by atoms with E-state index in [1.807, 2.05) is 11.8 Å². The minimum atomic E-state index is 0.260. The first-order valence-electron chi connectivity index (χ1n) is 6.33. The van der Waals surface area contributed by atoms with Crippen LogP contribution in [0.2, 0.25) is 0 Å². The Morgan fingerprint density at radius 2 is 2.29 bits per heavy atom. The van der Waals surface area contributed by atoms with Crippen molar-refractivity contribution in [1.82, 2.24) is 5.32 Å². The van der Waals surface area contributed by atoms with Crippen molar-refractivity contribution < 1.29 is 5.11 Å². The molecule has 0 bridgehead atoms. The van der Waals surface area contributed by atoms with E-state index in [1.165, 1.54) is 23.3 Å². The lowest BCUT2D eigenvalue weighted by atomic mass is 9.99. The number of benzene rings is 1. The van der Waals surface area contributed by atoms with Gasteiger partial charge in [-0.05, 0) is 36.6 Å². The SMILES string of the molecule is C[C@H](CCO)N[C@@H]1CSCCc2ccccc21. The third-order valence-corrected chi connectivity index (χ3v) is 4.34. The number of aliphatic hydroxyl groups is 1. The minimum Gasteiger partial charge on any atom is -0.396 e. The molecule has 0 saturated carbocycles. The van der Waals surface area contributed by atoms with E-state index in [-0.39, 0.29) is 6.61 Å². The van der Waals surface area contributed by atoms with E-state index in [4.69, 9.17) is 5.11 Å². The van der Waals surface area contributed by atoms with Crippen LogP contribution in [-0.2, 0) is 6.42 Å². The number of nitrogens with one attached hydrogen (secondary N) is 1. The summed E-state index contributed by atoms with van der Waals surface area (Å²) >= 11 is 2.02. The van der Waals surface area contributed by atoms with Gasteiger partial charge in [-0.2, -0.15) is 11.8 Å². The van der Waals surface area contributed by atoms with Crippen molar-refractivity contribution in [3.8, 4) is 0 Å². The average Bonchev–Trinajstić information content (AvgIpc) is 2.53. The number of fused-ring (bicyclic) bond motifs is 1. The molecule has 2 N–H and O–H groups in total. The van der Waals surface area contributed by atoms with Gasteiger partial charge in [-0.15, -0.1) is 0 Å². The van der Waals surface area contributed by atoms with Crippen molar-refractivity contribution in [2.75, 3.05) is 18.1 Å². The van der Waals surface area contributed by atoms with Gasteiger partial charge < -0.3 is 10.4 Å². The molecule has 0 amide bonds. The molecule has 2 atom stereocenters. The van der Waals surface area contributed by atoms with Gasteiger partial charge in [-0.3, -0.25) is 0 Å². The summed E-state index contributed by atoms with van der Waals surface area (Å²) < 4.78 is 0. The number of rotatable bonds is 4. The third-order valence-electron chi connectivity index (χ3n) is 3.28. The highest BCUT2D eigenvalue weighted by molar-refractivity contribution is 7.99. The van der Waals surface area contributed by atoms with Crippen LogP contribution in [0.5, 0.6) is 0 Å². The first-order chi connectivity index (χ1) is 8.31. The molecule has 0 radical (unpaired) electrons. The van der Waals surface area contributed by atoms with Crippen molar-refractivity contribution in [3.05, 3.63) is 35.4 Å². The molecule has 3 heteroatoms.